The molecule has 0 bridgehead atoms. The minimum absolute atomic E-state index is 0.225. The lowest BCUT2D eigenvalue weighted by molar-refractivity contribution is -0.134. The molecule has 0 radical (unpaired) electrons. The van der Waals surface area contributed by atoms with Gasteiger partial charge in [-0.25, -0.2) is 9.18 Å². The summed E-state index contributed by atoms with van der Waals surface area (Å²) >= 11 is 0. The predicted octanol–water partition coefficient (Wildman–Crippen LogP) is 6.10. The summed E-state index contributed by atoms with van der Waals surface area (Å²) in [6.07, 6.45) is 6.27. The number of aromatic amines is 1. The van der Waals surface area contributed by atoms with Crippen LogP contribution < -0.4 is 0 Å². The van der Waals surface area contributed by atoms with E-state index in [9.17, 15) is 4.79 Å². The number of H-pyrrole nitrogens is 1. The third kappa shape index (κ3) is 4.39. The Morgan fingerprint density at radius 1 is 1.19 bits per heavy atom. The van der Waals surface area contributed by atoms with Gasteiger partial charge in [0.2, 0.25) is 0 Å². The van der Waals surface area contributed by atoms with E-state index in [1.807, 2.05) is 31.2 Å². The first-order chi connectivity index (χ1) is 15.5. The fourth-order valence-electron chi connectivity index (χ4n) is 4.60. The molecule has 3 aromatic rings. The molecule has 2 aromatic carbocycles. The molecule has 1 aromatic heterocycles. The van der Waals surface area contributed by atoms with Crippen LogP contribution in [-0.4, -0.2) is 36.1 Å². The van der Waals surface area contributed by atoms with Crippen molar-refractivity contribution in [2.24, 2.45) is 0 Å². The van der Waals surface area contributed by atoms with E-state index in [0.29, 0.717) is 11.1 Å². The van der Waals surface area contributed by atoms with E-state index in [1.165, 1.54) is 25.7 Å². The summed E-state index contributed by atoms with van der Waals surface area (Å²) in [5.74, 6) is -0.754. The van der Waals surface area contributed by atoms with E-state index < -0.39 is 5.97 Å². The fourth-order valence-corrected chi connectivity index (χ4v) is 4.60. The van der Waals surface area contributed by atoms with Crippen molar-refractivity contribution in [3.8, 4) is 0 Å². The average Bonchev–Trinajstić information content (AvgIpc) is 3.19. The van der Waals surface area contributed by atoms with Crippen molar-refractivity contribution in [1.82, 2.24) is 9.88 Å². The third-order valence-electron chi connectivity index (χ3n) is 6.13. The van der Waals surface area contributed by atoms with Gasteiger partial charge in [0.1, 0.15) is 5.82 Å². The molecule has 4 nitrogen and oxygen atoms in total. The summed E-state index contributed by atoms with van der Waals surface area (Å²) < 4.78 is 20.2. The van der Waals surface area contributed by atoms with Crippen LogP contribution in [0.1, 0.15) is 54.6 Å². The first kappa shape index (κ1) is 22.0. The highest BCUT2D eigenvalue weighted by molar-refractivity contribution is 5.90. The summed E-state index contributed by atoms with van der Waals surface area (Å²) in [6, 6.07) is 13.1. The van der Waals surface area contributed by atoms with Crippen molar-refractivity contribution < 1.29 is 13.9 Å². The van der Waals surface area contributed by atoms with Crippen LogP contribution in [0, 0.1) is 5.82 Å². The van der Waals surface area contributed by atoms with Crippen molar-refractivity contribution in [1.29, 1.82) is 0 Å². The standard InChI is InChI=1S/C27H29FN2O2/c1-18(2)26-25(21-9-5-6-10-23(21)29-26)27(30-15-7-4-8-16-30)20-13-11-19(17-22(20)28)12-14-24(31)32-3/h5-6,9-14,17,27,29H,1,4,7-8,15-16H2,2-3H3. The Bertz CT molecular complexity index is 1170. The monoisotopic (exact) mass is 432 g/mol. The number of benzene rings is 2. The maximum absolute atomic E-state index is 15.6. The second-order valence-corrected chi connectivity index (χ2v) is 8.38. The molecule has 2 heterocycles. The highest BCUT2D eigenvalue weighted by atomic mass is 19.1. The predicted molar refractivity (Wildman–Crippen MR) is 128 cm³/mol. The van der Waals surface area contributed by atoms with Gasteiger partial charge in [-0.1, -0.05) is 43.3 Å². The Labute approximate surface area is 188 Å². The van der Waals surface area contributed by atoms with Crippen molar-refractivity contribution in [3.05, 3.63) is 83.3 Å². The highest BCUT2D eigenvalue weighted by Gasteiger charge is 2.31. The number of ether oxygens (including phenoxy) is 1. The molecule has 1 saturated heterocycles. The normalized spacial score (nSPS) is 15.8. The number of halogens is 1. The molecule has 1 aliphatic heterocycles. The van der Waals surface area contributed by atoms with E-state index in [2.05, 4.69) is 33.3 Å². The van der Waals surface area contributed by atoms with Gasteiger partial charge in [0, 0.05) is 33.8 Å². The Morgan fingerprint density at radius 3 is 2.62 bits per heavy atom. The van der Waals surface area contributed by atoms with Crippen molar-refractivity contribution in [3.63, 3.8) is 0 Å². The van der Waals surface area contributed by atoms with E-state index in [4.69, 9.17) is 0 Å². The van der Waals surface area contributed by atoms with Crippen molar-refractivity contribution in [2.75, 3.05) is 20.2 Å². The first-order valence-corrected chi connectivity index (χ1v) is 11.1. The zero-order valence-corrected chi connectivity index (χ0v) is 18.7. The number of carbonyl (C=O) groups is 1. The van der Waals surface area contributed by atoms with Crippen molar-refractivity contribution in [2.45, 2.75) is 32.2 Å². The SMILES string of the molecule is C=C(C)c1[nH]c2ccccc2c1C(c1ccc(C=CC(=O)OC)cc1F)N1CCCCC1. The second kappa shape index (κ2) is 9.53. The molecule has 5 heteroatoms. The Hall–Kier alpha value is -3.18. The molecule has 0 saturated carbocycles. The van der Waals surface area contributed by atoms with Gasteiger partial charge < -0.3 is 9.72 Å². The average molecular weight is 433 g/mol. The molecule has 0 aliphatic carbocycles. The van der Waals surface area contributed by atoms with E-state index in [1.54, 1.807) is 6.08 Å². The van der Waals surface area contributed by atoms with Crippen LogP contribution in [0.25, 0.3) is 22.6 Å². The van der Waals surface area contributed by atoms with Crippen LogP contribution in [0.5, 0.6) is 0 Å². The molecular weight excluding hydrogens is 403 g/mol. The van der Waals surface area contributed by atoms with Crippen LogP contribution in [0.15, 0.2) is 55.1 Å². The number of allylic oxidation sites excluding steroid dienone is 1. The topological polar surface area (TPSA) is 45.3 Å². The lowest BCUT2D eigenvalue weighted by atomic mass is 9.90. The van der Waals surface area contributed by atoms with Crippen LogP contribution >= 0.6 is 0 Å². The van der Waals surface area contributed by atoms with Gasteiger partial charge in [0.25, 0.3) is 0 Å². The minimum atomic E-state index is -0.467. The number of likely N-dealkylation sites (tertiary alicyclic amines) is 1. The number of methoxy groups -OCH3 is 1. The summed E-state index contributed by atoms with van der Waals surface area (Å²) in [5.41, 5.74) is 5.25. The lowest BCUT2D eigenvalue weighted by Gasteiger charge is -2.36. The molecule has 1 fully saturated rings. The Balaban J connectivity index is 1.86. The minimum Gasteiger partial charge on any atom is -0.466 e. The molecule has 1 atom stereocenters. The maximum atomic E-state index is 15.6. The molecule has 1 N–H and O–H groups in total. The summed E-state index contributed by atoms with van der Waals surface area (Å²) in [4.78, 5) is 17.3. The number of carbonyl (C=O) groups excluding carboxylic acids is 1. The highest BCUT2D eigenvalue weighted by Crippen LogP contribution is 2.40. The number of aromatic nitrogens is 1. The zero-order valence-electron chi connectivity index (χ0n) is 18.7. The smallest absolute Gasteiger partial charge is 0.330 e. The van der Waals surface area contributed by atoms with E-state index in [-0.39, 0.29) is 11.9 Å². The van der Waals surface area contributed by atoms with Crippen molar-refractivity contribution >= 4 is 28.5 Å². The Kier molecular flexibility index (Phi) is 6.56. The number of hydrogen-bond donors (Lipinski definition) is 1. The molecule has 0 amide bonds. The number of para-hydroxylation sites is 1. The number of rotatable bonds is 6. The number of esters is 1. The number of piperidine rings is 1. The molecule has 1 aliphatic rings. The molecule has 32 heavy (non-hydrogen) atoms. The molecule has 1 unspecified atom stereocenters. The molecular formula is C27H29FN2O2. The van der Waals surface area contributed by atoms with Gasteiger partial charge in [-0.05, 0) is 62.2 Å². The van der Waals surface area contributed by atoms with Crippen LogP contribution in [0.2, 0.25) is 0 Å². The van der Waals surface area contributed by atoms with Gasteiger partial charge in [-0.15, -0.1) is 0 Å². The van der Waals surface area contributed by atoms with Crippen LogP contribution in [0.4, 0.5) is 4.39 Å². The first-order valence-electron chi connectivity index (χ1n) is 11.1. The number of nitrogens with one attached hydrogen (secondary N) is 1. The van der Waals surface area contributed by atoms with Gasteiger partial charge in [-0.2, -0.15) is 0 Å². The van der Waals surface area contributed by atoms with Crippen LogP contribution in [-0.2, 0) is 9.53 Å². The van der Waals surface area contributed by atoms with Crippen LogP contribution in [0.3, 0.4) is 0 Å². The number of fused-ring (bicyclic) bond motifs is 1. The zero-order chi connectivity index (χ0) is 22.7. The molecule has 0 spiro atoms. The van der Waals surface area contributed by atoms with E-state index in [0.717, 1.165) is 53.7 Å². The van der Waals surface area contributed by atoms with Gasteiger partial charge in [0.15, 0.2) is 0 Å². The van der Waals surface area contributed by atoms with Gasteiger partial charge >= 0.3 is 5.97 Å². The summed E-state index contributed by atoms with van der Waals surface area (Å²) in [6.45, 7) is 8.02. The fraction of sp³-hybridized carbons (Fsp3) is 0.296. The molecule has 166 valence electrons. The Morgan fingerprint density at radius 2 is 1.94 bits per heavy atom. The maximum Gasteiger partial charge on any atom is 0.330 e. The number of nitrogens with zero attached hydrogens (tertiary/aromatic N) is 1. The quantitative estimate of drug-likeness (QED) is 0.378. The van der Waals surface area contributed by atoms with Gasteiger partial charge in [-0.3, -0.25) is 4.90 Å². The second-order valence-electron chi connectivity index (χ2n) is 8.38. The largest absolute Gasteiger partial charge is 0.466 e. The van der Waals surface area contributed by atoms with Gasteiger partial charge in [0.05, 0.1) is 13.2 Å². The summed E-state index contributed by atoms with van der Waals surface area (Å²) in [7, 11) is 1.32. The lowest BCUT2D eigenvalue weighted by Crippen LogP contribution is -2.35. The number of hydrogen-bond acceptors (Lipinski definition) is 3. The van der Waals surface area contributed by atoms with E-state index >= 15 is 4.39 Å². The third-order valence-corrected chi connectivity index (χ3v) is 6.13. The molecule has 4 rings (SSSR count). The summed E-state index contributed by atoms with van der Waals surface area (Å²) in [5, 5.41) is 1.09.